The van der Waals surface area contributed by atoms with Crippen LogP contribution < -0.4 is 10.6 Å². The van der Waals surface area contributed by atoms with Gasteiger partial charge < -0.3 is 10.6 Å². The minimum Gasteiger partial charge on any atom is -0.385 e. The van der Waals surface area contributed by atoms with E-state index < -0.39 is 4.92 Å². The van der Waals surface area contributed by atoms with Crippen LogP contribution in [0.3, 0.4) is 0 Å². The maximum Gasteiger partial charge on any atom is 0.269 e. The smallest absolute Gasteiger partial charge is 0.269 e. The molecule has 0 heterocycles. The molecule has 0 atom stereocenters. The molecule has 2 N–H and O–H groups in total. The van der Waals surface area contributed by atoms with Gasteiger partial charge in [-0.05, 0) is 25.5 Å². The summed E-state index contributed by atoms with van der Waals surface area (Å²) in [5.41, 5.74) is 0.888. The van der Waals surface area contributed by atoms with E-state index in [1.807, 2.05) is 6.92 Å². The topological polar surface area (TPSA) is 84.3 Å². The Bertz CT molecular complexity index is 404. The summed E-state index contributed by atoms with van der Waals surface area (Å²) in [6.45, 7) is 3.19. The average Bonchev–Trinajstić information content (AvgIpc) is 2.35. The molecule has 0 bridgehead atoms. The molecule has 1 amide bonds. The molecule has 0 saturated carbocycles. The second kappa shape index (κ2) is 7.26. The Morgan fingerprint density at radius 1 is 1.33 bits per heavy atom. The molecule has 0 spiro atoms. The Hall–Kier alpha value is -2.11. The molecular weight excluding hydrogens is 234 g/mol. The number of nitro groups is 1. The molecule has 1 aromatic carbocycles. The van der Waals surface area contributed by atoms with Crippen LogP contribution in [0.25, 0.3) is 0 Å². The Morgan fingerprint density at radius 2 is 2.00 bits per heavy atom. The van der Waals surface area contributed by atoms with Gasteiger partial charge in [0.2, 0.25) is 5.91 Å². The molecule has 0 aliphatic rings. The van der Waals surface area contributed by atoms with Crippen LogP contribution in [0.2, 0.25) is 0 Å². The van der Waals surface area contributed by atoms with Crippen LogP contribution in [0, 0.1) is 10.1 Å². The third-order valence-electron chi connectivity index (χ3n) is 2.36. The number of nitrogens with one attached hydrogen (secondary N) is 2. The van der Waals surface area contributed by atoms with E-state index in [0.29, 0.717) is 19.5 Å². The van der Waals surface area contributed by atoms with Gasteiger partial charge in [0.05, 0.1) is 4.92 Å². The number of nitro benzene ring substituents is 1. The molecule has 1 aromatic rings. The van der Waals surface area contributed by atoms with Crippen LogP contribution in [0.1, 0.15) is 19.8 Å². The lowest BCUT2D eigenvalue weighted by atomic mass is 10.2. The number of anilines is 1. The molecular formula is C12H17N3O3. The highest BCUT2D eigenvalue weighted by molar-refractivity contribution is 5.75. The number of amides is 1. The van der Waals surface area contributed by atoms with Crippen molar-refractivity contribution in [1.29, 1.82) is 0 Å². The first-order valence-electron chi connectivity index (χ1n) is 5.88. The van der Waals surface area contributed by atoms with Crippen LogP contribution in [0.15, 0.2) is 24.3 Å². The summed E-state index contributed by atoms with van der Waals surface area (Å²) in [5.74, 6) is 0.0444. The average molecular weight is 251 g/mol. The van der Waals surface area contributed by atoms with Gasteiger partial charge in [0.1, 0.15) is 0 Å². The number of non-ortho nitro benzene ring substituents is 1. The van der Waals surface area contributed by atoms with Crippen molar-refractivity contribution in [2.24, 2.45) is 0 Å². The van der Waals surface area contributed by atoms with E-state index in [2.05, 4.69) is 10.6 Å². The number of carbonyl (C=O) groups excluding carboxylic acids is 1. The first-order valence-corrected chi connectivity index (χ1v) is 5.88. The molecule has 0 fully saturated rings. The first-order chi connectivity index (χ1) is 8.63. The molecule has 0 unspecified atom stereocenters. The first kappa shape index (κ1) is 14.0. The highest BCUT2D eigenvalue weighted by atomic mass is 16.6. The number of hydrogen-bond donors (Lipinski definition) is 2. The predicted molar refractivity (Wildman–Crippen MR) is 69.5 cm³/mol. The summed E-state index contributed by atoms with van der Waals surface area (Å²) in [7, 11) is 0. The maximum atomic E-state index is 11.2. The van der Waals surface area contributed by atoms with Crippen molar-refractivity contribution in [2.75, 3.05) is 18.4 Å². The number of nitrogens with zero attached hydrogens (tertiary/aromatic N) is 1. The molecule has 0 aromatic heterocycles. The lowest BCUT2D eigenvalue weighted by molar-refractivity contribution is -0.384. The molecule has 0 saturated heterocycles. The van der Waals surface area contributed by atoms with Gasteiger partial charge in [-0.2, -0.15) is 0 Å². The van der Waals surface area contributed by atoms with Crippen molar-refractivity contribution in [2.45, 2.75) is 19.8 Å². The van der Waals surface area contributed by atoms with E-state index in [4.69, 9.17) is 0 Å². The van der Waals surface area contributed by atoms with Gasteiger partial charge in [-0.25, -0.2) is 0 Å². The Morgan fingerprint density at radius 3 is 2.56 bits per heavy atom. The van der Waals surface area contributed by atoms with Gasteiger partial charge >= 0.3 is 0 Å². The Labute approximate surface area is 106 Å². The van der Waals surface area contributed by atoms with Crippen LogP contribution in [-0.4, -0.2) is 23.9 Å². The number of benzene rings is 1. The maximum absolute atomic E-state index is 11.2. The van der Waals surface area contributed by atoms with E-state index in [0.717, 1.165) is 12.1 Å². The monoisotopic (exact) mass is 251 g/mol. The van der Waals surface area contributed by atoms with E-state index in [1.54, 1.807) is 12.1 Å². The fourth-order valence-corrected chi connectivity index (χ4v) is 1.47. The van der Waals surface area contributed by atoms with Crippen LogP contribution in [-0.2, 0) is 4.79 Å². The molecule has 0 aliphatic carbocycles. The minimum atomic E-state index is -0.432. The third-order valence-corrected chi connectivity index (χ3v) is 2.36. The molecule has 0 aliphatic heterocycles. The van der Waals surface area contributed by atoms with E-state index in [1.165, 1.54) is 12.1 Å². The summed E-state index contributed by atoms with van der Waals surface area (Å²) in [6.07, 6.45) is 1.21. The fourth-order valence-electron chi connectivity index (χ4n) is 1.47. The lowest BCUT2D eigenvalue weighted by Crippen LogP contribution is -2.22. The van der Waals surface area contributed by atoms with Gasteiger partial charge in [-0.1, -0.05) is 0 Å². The van der Waals surface area contributed by atoms with Crippen molar-refractivity contribution in [1.82, 2.24) is 5.32 Å². The Balaban J connectivity index is 2.27. The number of hydrogen-bond acceptors (Lipinski definition) is 4. The van der Waals surface area contributed by atoms with E-state index in [9.17, 15) is 14.9 Å². The highest BCUT2D eigenvalue weighted by Crippen LogP contribution is 2.15. The summed E-state index contributed by atoms with van der Waals surface area (Å²) in [4.78, 5) is 21.2. The van der Waals surface area contributed by atoms with Crippen molar-refractivity contribution >= 4 is 17.3 Å². The van der Waals surface area contributed by atoms with E-state index >= 15 is 0 Å². The SMILES string of the molecule is CCNC(=O)CCCNc1ccc([N+](=O)[O-])cc1. The predicted octanol–water partition coefficient (Wildman–Crippen LogP) is 1.92. The molecule has 98 valence electrons. The second-order valence-electron chi connectivity index (χ2n) is 3.79. The van der Waals surface area contributed by atoms with Crippen molar-refractivity contribution < 1.29 is 9.72 Å². The van der Waals surface area contributed by atoms with Gasteiger partial charge in [-0.3, -0.25) is 14.9 Å². The van der Waals surface area contributed by atoms with Crippen molar-refractivity contribution in [3.63, 3.8) is 0 Å². The standard InChI is InChI=1S/C12H17N3O3/c1-2-13-12(16)4-3-9-14-10-5-7-11(8-6-10)15(17)18/h5-8,14H,2-4,9H2,1H3,(H,13,16). The highest BCUT2D eigenvalue weighted by Gasteiger charge is 2.03. The summed E-state index contributed by atoms with van der Waals surface area (Å²) in [5, 5.41) is 16.3. The third kappa shape index (κ3) is 4.82. The summed E-state index contributed by atoms with van der Waals surface area (Å²) >= 11 is 0. The Kier molecular flexibility index (Phi) is 5.63. The zero-order chi connectivity index (χ0) is 13.4. The molecule has 18 heavy (non-hydrogen) atoms. The van der Waals surface area contributed by atoms with Gasteiger partial charge in [0.25, 0.3) is 5.69 Å². The summed E-state index contributed by atoms with van der Waals surface area (Å²) < 4.78 is 0. The quantitative estimate of drug-likeness (QED) is 0.440. The summed E-state index contributed by atoms with van der Waals surface area (Å²) in [6, 6.07) is 6.22. The van der Waals surface area contributed by atoms with Gasteiger partial charge in [0, 0.05) is 37.3 Å². The lowest BCUT2D eigenvalue weighted by Gasteiger charge is -2.06. The molecule has 6 nitrogen and oxygen atoms in total. The fraction of sp³-hybridized carbons (Fsp3) is 0.417. The van der Waals surface area contributed by atoms with Crippen molar-refractivity contribution in [3.8, 4) is 0 Å². The van der Waals surface area contributed by atoms with Crippen molar-refractivity contribution in [3.05, 3.63) is 34.4 Å². The van der Waals surface area contributed by atoms with E-state index in [-0.39, 0.29) is 11.6 Å². The zero-order valence-corrected chi connectivity index (χ0v) is 10.3. The minimum absolute atomic E-state index is 0.0444. The van der Waals surface area contributed by atoms with Crippen LogP contribution in [0.4, 0.5) is 11.4 Å². The largest absolute Gasteiger partial charge is 0.385 e. The molecule has 0 radical (unpaired) electrons. The molecule has 6 heteroatoms. The number of rotatable bonds is 7. The van der Waals surface area contributed by atoms with Crippen LogP contribution >= 0.6 is 0 Å². The molecule has 1 rings (SSSR count). The van der Waals surface area contributed by atoms with Crippen LogP contribution in [0.5, 0.6) is 0 Å². The van der Waals surface area contributed by atoms with Gasteiger partial charge in [0.15, 0.2) is 0 Å². The second-order valence-corrected chi connectivity index (χ2v) is 3.79. The normalized spacial score (nSPS) is 9.83. The zero-order valence-electron chi connectivity index (χ0n) is 10.3. The number of carbonyl (C=O) groups is 1. The van der Waals surface area contributed by atoms with Gasteiger partial charge in [-0.15, -0.1) is 0 Å².